The highest BCUT2D eigenvalue weighted by Gasteiger charge is 2.26. The van der Waals surface area contributed by atoms with Crippen molar-refractivity contribution in [2.24, 2.45) is 11.7 Å². The van der Waals surface area contributed by atoms with Crippen LogP contribution in [-0.4, -0.2) is 39.2 Å². The lowest BCUT2D eigenvalue weighted by molar-refractivity contribution is -0.134. The van der Waals surface area contributed by atoms with Crippen LogP contribution in [0, 0.1) is 12.8 Å². The summed E-state index contributed by atoms with van der Waals surface area (Å²) in [4.78, 5) is 31.3. The third-order valence-corrected chi connectivity index (χ3v) is 7.05. The van der Waals surface area contributed by atoms with Gasteiger partial charge in [-0.3, -0.25) is 9.59 Å². The van der Waals surface area contributed by atoms with Gasteiger partial charge in [0, 0.05) is 37.2 Å². The fraction of sp³-hybridized carbons (Fsp3) is 0.276. The van der Waals surface area contributed by atoms with Gasteiger partial charge in [-0.25, -0.2) is 4.98 Å². The molecule has 1 saturated heterocycles. The van der Waals surface area contributed by atoms with Gasteiger partial charge in [-0.1, -0.05) is 54.6 Å². The number of aryl methyl sites for hydroxylation is 2. The van der Waals surface area contributed by atoms with E-state index in [1.807, 2.05) is 35.2 Å². The minimum Gasteiger partial charge on any atom is -0.369 e. The summed E-state index contributed by atoms with van der Waals surface area (Å²) in [5, 5.41) is 0. The molecular formula is C29H30N4O2. The van der Waals surface area contributed by atoms with Crippen LogP contribution in [0.3, 0.4) is 0 Å². The van der Waals surface area contributed by atoms with Crippen LogP contribution in [0.5, 0.6) is 0 Å². The zero-order valence-corrected chi connectivity index (χ0v) is 20.0. The standard InChI is InChI=1S/C29H30N4O2/c1-20-7-5-6-10-24(20)23-11-13-26-31-28(21-8-3-2-4-9-21)25(33(26)19-23)12-14-27(34)32-17-15-22(16-18-32)29(30)35/h2-11,13,19,22H,12,14-18H2,1H3,(H2,30,35). The van der Waals surface area contributed by atoms with Crippen molar-refractivity contribution in [3.8, 4) is 22.4 Å². The Labute approximate surface area is 205 Å². The number of hydrogen-bond acceptors (Lipinski definition) is 3. The zero-order chi connectivity index (χ0) is 24.4. The molecule has 0 bridgehead atoms. The predicted octanol–water partition coefficient (Wildman–Crippen LogP) is 4.63. The Hall–Kier alpha value is -3.93. The maximum Gasteiger partial charge on any atom is 0.222 e. The first-order valence-corrected chi connectivity index (χ1v) is 12.2. The molecule has 0 saturated carbocycles. The van der Waals surface area contributed by atoms with E-state index < -0.39 is 0 Å². The largest absolute Gasteiger partial charge is 0.369 e. The Bertz CT molecular complexity index is 1370. The topological polar surface area (TPSA) is 80.7 Å². The highest BCUT2D eigenvalue weighted by atomic mass is 16.2. The van der Waals surface area contributed by atoms with Crippen LogP contribution in [0.25, 0.3) is 28.0 Å². The van der Waals surface area contributed by atoms with E-state index in [0.29, 0.717) is 38.8 Å². The molecule has 5 rings (SSSR count). The van der Waals surface area contributed by atoms with Crippen molar-refractivity contribution in [2.45, 2.75) is 32.6 Å². The molecule has 2 N–H and O–H groups in total. The number of nitrogens with zero attached hydrogens (tertiary/aromatic N) is 3. The van der Waals surface area contributed by atoms with Gasteiger partial charge in [0.05, 0.1) is 11.4 Å². The second kappa shape index (κ2) is 9.74. The van der Waals surface area contributed by atoms with Crippen molar-refractivity contribution in [3.63, 3.8) is 0 Å². The summed E-state index contributed by atoms with van der Waals surface area (Å²) in [5.41, 5.74) is 12.8. The first-order valence-electron chi connectivity index (χ1n) is 12.2. The number of pyridine rings is 1. The first-order chi connectivity index (χ1) is 17.0. The Balaban J connectivity index is 1.46. The van der Waals surface area contributed by atoms with Crippen molar-refractivity contribution in [1.82, 2.24) is 14.3 Å². The fourth-order valence-corrected chi connectivity index (χ4v) is 5.01. The zero-order valence-electron chi connectivity index (χ0n) is 20.0. The molecule has 4 aromatic rings. The lowest BCUT2D eigenvalue weighted by atomic mass is 9.96. The van der Waals surface area contributed by atoms with Gasteiger partial charge in [0.25, 0.3) is 0 Å². The number of hydrogen-bond donors (Lipinski definition) is 1. The van der Waals surface area contributed by atoms with Gasteiger partial charge in [-0.15, -0.1) is 0 Å². The van der Waals surface area contributed by atoms with E-state index in [2.05, 4.69) is 53.9 Å². The Kier molecular flexibility index (Phi) is 6.36. The minimum atomic E-state index is -0.264. The summed E-state index contributed by atoms with van der Waals surface area (Å²) in [6.07, 6.45) is 4.40. The molecule has 0 atom stereocenters. The van der Waals surface area contributed by atoms with Gasteiger partial charge in [-0.05, 0) is 55.0 Å². The van der Waals surface area contributed by atoms with E-state index in [1.54, 1.807) is 0 Å². The molecule has 0 unspecified atom stereocenters. The number of likely N-dealkylation sites (tertiary alicyclic amines) is 1. The molecule has 2 aromatic heterocycles. The van der Waals surface area contributed by atoms with E-state index in [4.69, 9.17) is 10.7 Å². The van der Waals surface area contributed by atoms with Crippen molar-refractivity contribution in [3.05, 3.63) is 84.2 Å². The predicted molar refractivity (Wildman–Crippen MR) is 138 cm³/mol. The molecule has 35 heavy (non-hydrogen) atoms. The normalized spacial score (nSPS) is 14.4. The Morgan fingerprint density at radius 2 is 1.66 bits per heavy atom. The van der Waals surface area contributed by atoms with E-state index in [0.717, 1.165) is 28.2 Å². The van der Waals surface area contributed by atoms with Crippen molar-refractivity contribution < 1.29 is 9.59 Å². The van der Waals surface area contributed by atoms with Crippen LogP contribution in [0.2, 0.25) is 0 Å². The number of fused-ring (bicyclic) bond motifs is 1. The van der Waals surface area contributed by atoms with Gasteiger partial charge in [0.15, 0.2) is 0 Å². The van der Waals surface area contributed by atoms with Crippen molar-refractivity contribution >= 4 is 17.5 Å². The molecule has 1 fully saturated rings. The van der Waals surface area contributed by atoms with Crippen LogP contribution < -0.4 is 5.73 Å². The van der Waals surface area contributed by atoms with Crippen molar-refractivity contribution in [1.29, 1.82) is 0 Å². The number of rotatable bonds is 6. The number of carbonyl (C=O) groups is 2. The van der Waals surface area contributed by atoms with Gasteiger partial charge in [0.1, 0.15) is 5.65 Å². The summed E-state index contributed by atoms with van der Waals surface area (Å²) >= 11 is 0. The molecule has 3 heterocycles. The number of benzene rings is 2. The molecule has 0 spiro atoms. The SMILES string of the molecule is Cc1ccccc1-c1ccc2nc(-c3ccccc3)c(CCC(=O)N3CCC(C(N)=O)CC3)n2c1. The van der Waals surface area contributed by atoms with E-state index in [9.17, 15) is 9.59 Å². The fourth-order valence-electron chi connectivity index (χ4n) is 5.01. The molecule has 2 aromatic carbocycles. The highest BCUT2D eigenvalue weighted by molar-refractivity contribution is 5.79. The lowest BCUT2D eigenvalue weighted by Crippen LogP contribution is -2.41. The molecule has 2 amide bonds. The van der Waals surface area contributed by atoms with Crippen LogP contribution in [0.4, 0.5) is 0 Å². The van der Waals surface area contributed by atoms with E-state index in [-0.39, 0.29) is 17.7 Å². The molecule has 1 aliphatic heterocycles. The molecule has 178 valence electrons. The smallest absolute Gasteiger partial charge is 0.222 e. The van der Waals surface area contributed by atoms with E-state index >= 15 is 0 Å². The van der Waals surface area contributed by atoms with Gasteiger partial charge in [0.2, 0.25) is 11.8 Å². The second-order valence-corrected chi connectivity index (χ2v) is 9.29. The van der Waals surface area contributed by atoms with Crippen LogP contribution in [-0.2, 0) is 16.0 Å². The monoisotopic (exact) mass is 466 g/mol. The average molecular weight is 467 g/mol. The highest BCUT2D eigenvalue weighted by Crippen LogP contribution is 2.29. The molecule has 6 heteroatoms. The summed E-state index contributed by atoms with van der Waals surface area (Å²) in [7, 11) is 0. The quantitative estimate of drug-likeness (QED) is 0.450. The van der Waals surface area contributed by atoms with Crippen molar-refractivity contribution in [2.75, 3.05) is 13.1 Å². The third kappa shape index (κ3) is 4.69. The number of piperidine rings is 1. The van der Waals surface area contributed by atoms with Gasteiger partial charge in [-0.2, -0.15) is 0 Å². The average Bonchev–Trinajstić information content (AvgIpc) is 3.26. The molecular weight excluding hydrogens is 436 g/mol. The number of amides is 2. The van der Waals surface area contributed by atoms with Gasteiger partial charge < -0.3 is 15.0 Å². The maximum atomic E-state index is 13.1. The maximum absolute atomic E-state index is 13.1. The molecule has 6 nitrogen and oxygen atoms in total. The molecule has 0 aliphatic carbocycles. The van der Waals surface area contributed by atoms with E-state index in [1.165, 1.54) is 11.1 Å². The number of nitrogens with two attached hydrogens (primary N) is 1. The summed E-state index contributed by atoms with van der Waals surface area (Å²) in [5.74, 6) is -0.279. The Morgan fingerprint density at radius 3 is 2.37 bits per heavy atom. The summed E-state index contributed by atoms with van der Waals surface area (Å²) in [6.45, 7) is 3.29. The van der Waals surface area contributed by atoms with Gasteiger partial charge >= 0.3 is 0 Å². The lowest BCUT2D eigenvalue weighted by Gasteiger charge is -2.30. The van der Waals surface area contributed by atoms with Crippen LogP contribution in [0.1, 0.15) is 30.5 Å². The minimum absolute atomic E-state index is 0.108. The summed E-state index contributed by atoms with van der Waals surface area (Å²) < 4.78 is 2.14. The number of imidazole rings is 1. The van der Waals surface area contributed by atoms with Crippen LogP contribution in [0.15, 0.2) is 72.9 Å². The second-order valence-electron chi connectivity index (χ2n) is 9.29. The Morgan fingerprint density at radius 1 is 0.943 bits per heavy atom. The number of primary amides is 1. The number of carbonyl (C=O) groups excluding carboxylic acids is 2. The summed E-state index contributed by atoms with van der Waals surface area (Å²) in [6, 6.07) is 22.6. The molecule has 1 aliphatic rings. The third-order valence-electron chi connectivity index (χ3n) is 7.05. The first kappa shape index (κ1) is 22.8. The molecule has 0 radical (unpaired) electrons. The number of aromatic nitrogens is 2. The van der Waals surface area contributed by atoms with Crippen LogP contribution >= 0.6 is 0 Å².